The zero-order valence-electron chi connectivity index (χ0n) is 20.5. The summed E-state index contributed by atoms with van der Waals surface area (Å²) in [5, 5.41) is 3.05. The largest absolute Gasteiger partial charge is 0.389 e. The third kappa shape index (κ3) is 6.80. The molecule has 0 unspecified atom stereocenters. The Balaban J connectivity index is 1.22. The van der Waals surface area contributed by atoms with E-state index < -0.39 is 18.1 Å². The highest BCUT2D eigenvalue weighted by atomic mass is 32.2. The first-order valence-corrected chi connectivity index (χ1v) is 13.8. The zero-order chi connectivity index (χ0) is 25.1. The molecule has 2 heterocycles. The fourth-order valence-electron chi connectivity index (χ4n) is 5.60. The number of hydrogen-bond donors (Lipinski definition) is 2. The van der Waals surface area contributed by atoms with Crippen molar-refractivity contribution in [2.45, 2.75) is 83.0 Å². The molecule has 2 aliphatic heterocycles. The maximum atomic E-state index is 12.9. The summed E-state index contributed by atoms with van der Waals surface area (Å²) in [6, 6.07) is 6.43. The van der Waals surface area contributed by atoms with E-state index >= 15 is 0 Å². The van der Waals surface area contributed by atoms with Gasteiger partial charge in [-0.25, -0.2) is 0 Å². The van der Waals surface area contributed by atoms with Gasteiger partial charge in [-0.3, -0.25) is 14.1 Å². The van der Waals surface area contributed by atoms with Crippen molar-refractivity contribution in [1.82, 2.24) is 9.62 Å². The molecule has 4 rings (SSSR count). The molecule has 194 valence electrons. The number of amidine groups is 1. The highest BCUT2D eigenvalue weighted by Gasteiger charge is 2.47. The van der Waals surface area contributed by atoms with E-state index in [1.165, 1.54) is 11.1 Å². The van der Waals surface area contributed by atoms with E-state index in [0.717, 1.165) is 62.3 Å². The van der Waals surface area contributed by atoms with E-state index in [1.54, 1.807) is 0 Å². The molecule has 1 saturated carbocycles. The number of aliphatic imine (C=N–C) groups is 1. The predicted octanol–water partition coefficient (Wildman–Crippen LogP) is 5.16. The molecule has 0 atom stereocenters. The van der Waals surface area contributed by atoms with Crippen LogP contribution in [-0.4, -0.2) is 46.6 Å². The molecule has 1 spiro atoms. The van der Waals surface area contributed by atoms with Gasteiger partial charge in [0.05, 0.1) is 0 Å². The fraction of sp³-hybridized carbons (Fsp3) is 0.692. The number of benzene rings is 1. The second kappa shape index (κ2) is 11.2. The number of nitrogens with zero attached hydrogens (tertiary/aromatic N) is 2. The van der Waals surface area contributed by atoms with Gasteiger partial charge in [0.25, 0.3) is 5.91 Å². The van der Waals surface area contributed by atoms with Crippen LogP contribution in [0.5, 0.6) is 0 Å². The van der Waals surface area contributed by atoms with Crippen LogP contribution in [0, 0.1) is 18.8 Å². The fourth-order valence-corrected chi connectivity index (χ4v) is 6.61. The van der Waals surface area contributed by atoms with Gasteiger partial charge in [0.15, 0.2) is 0 Å². The Labute approximate surface area is 210 Å². The van der Waals surface area contributed by atoms with Crippen LogP contribution in [0.2, 0.25) is 0 Å². The number of carbonyl (C=O) groups excluding carboxylic acids is 1. The Hall–Kier alpha value is -1.58. The summed E-state index contributed by atoms with van der Waals surface area (Å²) in [6.07, 6.45) is 1.04. The Morgan fingerprint density at radius 3 is 2.54 bits per heavy atom. The standard InChI is InChI=1S/C26H37F3N4OS/c1-18-16-20(17-30)4-5-21(18)9-15-35-33-13-11-25(12-14-33)24(34)31-23(32-25)22-6-2-19(3-7-22)8-10-26(27,28)29/h4-5,16,19,22H,2-3,6-15,17,30H2,1H3,(H,31,32,34). The number of halogens is 3. The molecule has 1 aromatic rings. The summed E-state index contributed by atoms with van der Waals surface area (Å²) in [6.45, 7) is 4.34. The highest BCUT2D eigenvalue weighted by molar-refractivity contribution is 7.97. The first kappa shape index (κ1) is 26.5. The summed E-state index contributed by atoms with van der Waals surface area (Å²) in [7, 11) is 0. The first-order valence-electron chi connectivity index (χ1n) is 12.8. The maximum absolute atomic E-state index is 12.9. The molecule has 5 nitrogen and oxygen atoms in total. The predicted molar refractivity (Wildman–Crippen MR) is 135 cm³/mol. The molecule has 1 aromatic carbocycles. The normalized spacial score (nSPS) is 25.1. The minimum atomic E-state index is -4.07. The SMILES string of the molecule is Cc1cc(CN)ccc1CCSN1CCC2(CC1)N=C(C1CCC(CCC(F)(F)F)CC1)NC2=O. The molecule has 35 heavy (non-hydrogen) atoms. The lowest BCUT2D eigenvalue weighted by Crippen LogP contribution is -2.47. The number of aryl methyl sites for hydroxylation is 2. The van der Waals surface area contributed by atoms with Crippen molar-refractivity contribution in [3.8, 4) is 0 Å². The third-order valence-electron chi connectivity index (χ3n) is 7.91. The molecule has 0 aromatic heterocycles. The minimum Gasteiger partial charge on any atom is -0.326 e. The van der Waals surface area contributed by atoms with Gasteiger partial charge in [0, 0.05) is 37.7 Å². The number of nitrogens with one attached hydrogen (secondary N) is 1. The molecule has 0 bridgehead atoms. The summed E-state index contributed by atoms with van der Waals surface area (Å²) in [4.78, 5) is 17.8. The van der Waals surface area contributed by atoms with Crippen LogP contribution in [0.4, 0.5) is 13.2 Å². The summed E-state index contributed by atoms with van der Waals surface area (Å²) < 4.78 is 39.9. The van der Waals surface area contributed by atoms with E-state index in [0.29, 0.717) is 19.4 Å². The number of hydrogen-bond acceptors (Lipinski definition) is 5. The number of alkyl halides is 3. The average molecular weight is 511 g/mol. The van der Waals surface area contributed by atoms with Crippen LogP contribution in [0.1, 0.15) is 68.1 Å². The molecule has 2 fully saturated rings. The topological polar surface area (TPSA) is 70.7 Å². The number of piperidine rings is 1. The van der Waals surface area contributed by atoms with Crippen LogP contribution in [0.25, 0.3) is 0 Å². The smallest absolute Gasteiger partial charge is 0.326 e. The number of rotatable bonds is 8. The van der Waals surface area contributed by atoms with Crippen molar-refractivity contribution in [3.05, 3.63) is 34.9 Å². The van der Waals surface area contributed by atoms with Crippen LogP contribution < -0.4 is 11.1 Å². The van der Waals surface area contributed by atoms with Crippen LogP contribution in [0.3, 0.4) is 0 Å². The lowest BCUT2D eigenvalue weighted by Gasteiger charge is -2.34. The van der Waals surface area contributed by atoms with Gasteiger partial charge in [-0.05, 0) is 80.9 Å². The van der Waals surface area contributed by atoms with Gasteiger partial charge in [0.1, 0.15) is 11.4 Å². The maximum Gasteiger partial charge on any atom is 0.389 e. The van der Waals surface area contributed by atoms with Crippen molar-refractivity contribution < 1.29 is 18.0 Å². The molecule has 1 saturated heterocycles. The molecule has 3 aliphatic rings. The lowest BCUT2D eigenvalue weighted by atomic mass is 9.79. The Morgan fingerprint density at radius 2 is 1.91 bits per heavy atom. The molecule has 3 N–H and O–H groups in total. The van der Waals surface area contributed by atoms with Crippen LogP contribution in [-0.2, 0) is 17.8 Å². The van der Waals surface area contributed by atoms with Crippen molar-refractivity contribution in [2.24, 2.45) is 22.6 Å². The van der Waals surface area contributed by atoms with Gasteiger partial charge in [-0.15, -0.1) is 0 Å². The molecule has 9 heteroatoms. The van der Waals surface area contributed by atoms with Gasteiger partial charge in [-0.1, -0.05) is 30.1 Å². The summed E-state index contributed by atoms with van der Waals surface area (Å²) in [5.41, 5.74) is 8.85. The zero-order valence-corrected chi connectivity index (χ0v) is 21.3. The summed E-state index contributed by atoms with van der Waals surface area (Å²) in [5.74, 6) is 2.08. The molecular weight excluding hydrogens is 473 g/mol. The third-order valence-corrected chi connectivity index (χ3v) is 9.02. The monoisotopic (exact) mass is 510 g/mol. The van der Waals surface area contributed by atoms with Crippen molar-refractivity contribution in [3.63, 3.8) is 0 Å². The van der Waals surface area contributed by atoms with Crippen LogP contribution >= 0.6 is 11.9 Å². The van der Waals surface area contributed by atoms with E-state index in [2.05, 4.69) is 34.7 Å². The number of amides is 1. The van der Waals surface area contributed by atoms with Gasteiger partial charge in [-0.2, -0.15) is 13.2 Å². The van der Waals surface area contributed by atoms with Crippen molar-refractivity contribution in [1.29, 1.82) is 0 Å². The van der Waals surface area contributed by atoms with E-state index in [9.17, 15) is 18.0 Å². The molecule has 0 radical (unpaired) electrons. The average Bonchev–Trinajstić information content (AvgIpc) is 3.15. The Morgan fingerprint density at radius 1 is 1.20 bits per heavy atom. The van der Waals surface area contributed by atoms with E-state index in [4.69, 9.17) is 10.7 Å². The second-order valence-corrected chi connectivity index (χ2v) is 11.5. The minimum absolute atomic E-state index is 0.00645. The number of carbonyl (C=O) groups is 1. The van der Waals surface area contributed by atoms with Gasteiger partial charge >= 0.3 is 6.18 Å². The van der Waals surface area contributed by atoms with Crippen molar-refractivity contribution >= 4 is 23.7 Å². The van der Waals surface area contributed by atoms with E-state index in [-0.39, 0.29) is 24.2 Å². The van der Waals surface area contributed by atoms with E-state index in [1.807, 2.05) is 11.9 Å². The molecule has 1 amide bonds. The molecule has 1 aliphatic carbocycles. The first-order chi connectivity index (χ1) is 16.7. The van der Waals surface area contributed by atoms with Crippen molar-refractivity contribution in [2.75, 3.05) is 18.8 Å². The lowest BCUT2D eigenvalue weighted by molar-refractivity contribution is -0.138. The summed E-state index contributed by atoms with van der Waals surface area (Å²) >= 11 is 1.84. The quantitative estimate of drug-likeness (QED) is 0.474. The second-order valence-electron chi connectivity index (χ2n) is 10.3. The van der Waals surface area contributed by atoms with Gasteiger partial charge in [0.2, 0.25) is 0 Å². The van der Waals surface area contributed by atoms with Gasteiger partial charge < -0.3 is 11.1 Å². The number of nitrogens with two attached hydrogens (primary N) is 1. The Kier molecular flexibility index (Phi) is 8.49. The molecular formula is C26H37F3N4OS. The Bertz CT molecular complexity index is 920. The van der Waals surface area contributed by atoms with Crippen LogP contribution in [0.15, 0.2) is 23.2 Å². The highest BCUT2D eigenvalue weighted by Crippen LogP contribution is 2.38.